The van der Waals surface area contributed by atoms with Gasteiger partial charge in [0.25, 0.3) is 0 Å². The summed E-state index contributed by atoms with van der Waals surface area (Å²) in [6.45, 7) is 3.79. The largest absolute Gasteiger partial charge is 0.449 e. The molecule has 6 nitrogen and oxygen atoms in total. The van der Waals surface area contributed by atoms with Crippen molar-refractivity contribution in [2.75, 3.05) is 13.2 Å². The van der Waals surface area contributed by atoms with Crippen molar-refractivity contribution in [1.82, 2.24) is 9.44 Å². The van der Waals surface area contributed by atoms with Crippen LogP contribution in [0, 0.1) is 0 Å². The van der Waals surface area contributed by atoms with E-state index in [4.69, 9.17) is 0 Å². The Balaban J connectivity index is 3.92. The van der Waals surface area contributed by atoms with Crippen molar-refractivity contribution >= 4 is 16.3 Å². The van der Waals surface area contributed by atoms with Crippen molar-refractivity contribution < 1.29 is 17.9 Å². The highest BCUT2D eigenvalue weighted by molar-refractivity contribution is 7.88. The van der Waals surface area contributed by atoms with Gasteiger partial charge in [-0.3, -0.25) is 0 Å². The second-order valence-corrected chi connectivity index (χ2v) is 4.08. The highest BCUT2D eigenvalue weighted by Gasteiger charge is 2.13. The number of allylic oxidation sites excluding steroid dienone is 1. The fourth-order valence-electron chi connectivity index (χ4n) is 0.750. The molecule has 0 aromatic rings. The lowest BCUT2D eigenvalue weighted by molar-refractivity contribution is 0.158. The van der Waals surface area contributed by atoms with Crippen molar-refractivity contribution in [3.8, 4) is 0 Å². The van der Waals surface area contributed by atoms with Gasteiger partial charge in [-0.1, -0.05) is 12.2 Å². The molecule has 0 aliphatic heterocycles. The van der Waals surface area contributed by atoms with Crippen LogP contribution in [-0.2, 0) is 14.9 Å². The zero-order valence-corrected chi connectivity index (χ0v) is 9.63. The summed E-state index contributed by atoms with van der Waals surface area (Å²) in [5, 5.41) is 0. The van der Waals surface area contributed by atoms with Crippen LogP contribution in [0.2, 0.25) is 0 Å². The molecule has 15 heavy (non-hydrogen) atoms. The average Bonchev–Trinajstić information content (AvgIpc) is 2.12. The second-order valence-electron chi connectivity index (χ2n) is 2.58. The average molecular weight is 236 g/mol. The van der Waals surface area contributed by atoms with Crippen molar-refractivity contribution in [1.29, 1.82) is 0 Å². The van der Waals surface area contributed by atoms with Gasteiger partial charge in [0.2, 0.25) is 0 Å². The molecule has 0 atom stereocenters. The molecule has 0 aromatic carbocycles. The molecule has 0 spiro atoms. The van der Waals surface area contributed by atoms with Gasteiger partial charge in [0.15, 0.2) is 0 Å². The molecule has 0 saturated carbocycles. The maximum Gasteiger partial charge on any atom is 0.421 e. The zero-order valence-electron chi connectivity index (χ0n) is 8.82. The minimum atomic E-state index is -3.79. The lowest BCUT2D eigenvalue weighted by Crippen LogP contribution is -2.40. The number of carbonyl (C=O) groups excluding carboxylic acids is 1. The predicted octanol–water partition coefficient (Wildman–Crippen LogP) is 0.533. The van der Waals surface area contributed by atoms with Gasteiger partial charge < -0.3 is 4.74 Å². The van der Waals surface area contributed by atoms with Gasteiger partial charge in [0.1, 0.15) is 0 Å². The number of amides is 1. The van der Waals surface area contributed by atoms with Crippen LogP contribution in [0.25, 0.3) is 0 Å². The predicted molar refractivity (Wildman–Crippen MR) is 56.5 cm³/mol. The molecule has 0 saturated heterocycles. The van der Waals surface area contributed by atoms with Crippen molar-refractivity contribution in [2.45, 2.75) is 20.3 Å². The van der Waals surface area contributed by atoms with Gasteiger partial charge in [-0.2, -0.15) is 13.1 Å². The molecule has 0 aliphatic rings. The maximum atomic E-state index is 11.1. The molecule has 7 heteroatoms. The van der Waals surface area contributed by atoms with Gasteiger partial charge in [-0.15, -0.1) is 0 Å². The minimum absolute atomic E-state index is 0.125. The van der Waals surface area contributed by atoms with Crippen LogP contribution < -0.4 is 9.44 Å². The summed E-state index contributed by atoms with van der Waals surface area (Å²) in [5.74, 6) is 0. The first-order valence-corrected chi connectivity index (χ1v) is 6.05. The van der Waals surface area contributed by atoms with Gasteiger partial charge >= 0.3 is 16.3 Å². The maximum absolute atomic E-state index is 11.1. The van der Waals surface area contributed by atoms with Gasteiger partial charge in [0.05, 0.1) is 6.61 Å². The number of carbonyl (C=O) groups is 1. The molecule has 0 unspecified atom stereocenters. The Hall–Kier alpha value is -1.08. The number of hydrogen-bond acceptors (Lipinski definition) is 4. The highest BCUT2D eigenvalue weighted by atomic mass is 32.2. The minimum Gasteiger partial charge on any atom is -0.449 e. The third kappa shape index (κ3) is 7.95. The summed E-state index contributed by atoms with van der Waals surface area (Å²) in [6.07, 6.45) is 3.22. The van der Waals surface area contributed by atoms with E-state index in [1.165, 1.54) is 0 Å². The monoisotopic (exact) mass is 236 g/mol. The fraction of sp³-hybridized carbons (Fsp3) is 0.625. The van der Waals surface area contributed by atoms with Crippen molar-refractivity contribution in [3.05, 3.63) is 12.2 Å². The Bertz CT molecular complexity index is 311. The van der Waals surface area contributed by atoms with E-state index in [9.17, 15) is 13.2 Å². The Morgan fingerprint density at radius 2 is 2.13 bits per heavy atom. The fourth-order valence-corrected chi connectivity index (χ4v) is 1.49. The molecule has 0 aromatic heterocycles. The van der Waals surface area contributed by atoms with Crippen LogP contribution in [0.4, 0.5) is 4.79 Å². The van der Waals surface area contributed by atoms with Crippen LogP contribution in [0.15, 0.2) is 12.2 Å². The molecule has 0 fully saturated rings. The lowest BCUT2D eigenvalue weighted by atomic mass is 10.4. The molecule has 0 heterocycles. The molecule has 1 amide bonds. The van der Waals surface area contributed by atoms with E-state index in [1.54, 1.807) is 11.6 Å². The van der Waals surface area contributed by atoms with E-state index >= 15 is 0 Å². The molecule has 0 aliphatic carbocycles. The zero-order chi connectivity index (χ0) is 11.7. The topological polar surface area (TPSA) is 84.5 Å². The second kappa shape index (κ2) is 7.24. The Kier molecular flexibility index (Phi) is 6.72. The third-order valence-corrected chi connectivity index (χ3v) is 2.35. The smallest absolute Gasteiger partial charge is 0.421 e. The Labute approximate surface area is 89.9 Å². The van der Waals surface area contributed by atoms with Gasteiger partial charge in [0, 0.05) is 6.54 Å². The molecule has 2 N–H and O–H groups in total. The van der Waals surface area contributed by atoms with Gasteiger partial charge in [-0.25, -0.2) is 9.52 Å². The Morgan fingerprint density at radius 1 is 1.47 bits per heavy atom. The molecule has 0 rings (SSSR count). The van der Waals surface area contributed by atoms with E-state index < -0.39 is 16.3 Å². The van der Waals surface area contributed by atoms with E-state index in [0.717, 1.165) is 0 Å². The number of ether oxygens (including phenoxy) is 1. The molecule has 0 bridgehead atoms. The first kappa shape index (κ1) is 13.9. The normalized spacial score (nSPS) is 11.6. The van der Waals surface area contributed by atoms with E-state index in [-0.39, 0.29) is 13.2 Å². The molecule has 0 radical (unpaired) electrons. The quantitative estimate of drug-likeness (QED) is 0.520. The Morgan fingerprint density at radius 3 is 2.67 bits per heavy atom. The number of nitrogens with one attached hydrogen (secondary N) is 2. The van der Waals surface area contributed by atoms with Crippen LogP contribution in [0.5, 0.6) is 0 Å². The summed E-state index contributed by atoms with van der Waals surface area (Å²) in [7, 11) is -3.79. The van der Waals surface area contributed by atoms with Crippen LogP contribution in [-0.4, -0.2) is 27.7 Å². The summed E-state index contributed by atoms with van der Waals surface area (Å²) in [5.41, 5.74) is 0. The molecular formula is C8H16N2O4S. The van der Waals surface area contributed by atoms with E-state index in [0.29, 0.717) is 6.42 Å². The number of hydrogen-bond donors (Lipinski definition) is 2. The van der Waals surface area contributed by atoms with Crippen LogP contribution >= 0.6 is 0 Å². The summed E-state index contributed by atoms with van der Waals surface area (Å²) in [6, 6.07) is 0. The van der Waals surface area contributed by atoms with Crippen LogP contribution in [0.3, 0.4) is 0 Å². The number of rotatable bonds is 6. The molecule has 88 valence electrons. The molecular weight excluding hydrogens is 220 g/mol. The van der Waals surface area contributed by atoms with Crippen LogP contribution in [0.1, 0.15) is 20.3 Å². The van der Waals surface area contributed by atoms with Gasteiger partial charge in [-0.05, 0) is 20.3 Å². The lowest BCUT2D eigenvalue weighted by Gasteiger charge is -2.06. The summed E-state index contributed by atoms with van der Waals surface area (Å²) < 4.78 is 30.6. The third-order valence-electron chi connectivity index (χ3n) is 1.33. The first-order chi connectivity index (χ1) is 7.02. The summed E-state index contributed by atoms with van der Waals surface area (Å²) in [4.78, 5) is 10.8. The van der Waals surface area contributed by atoms with E-state index in [1.807, 2.05) is 19.1 Å². The van der Waals surface area contributed by atoms with E-state index in [2.05, 4.69) is 9.46 Å². The van der Waals surface area contributed by atoms with Crippen molar-refractivity contribution in [2.24, 2.45) is 0 Å². The first-order valence-electron chi connectivity index (χ1n) is 4.57. The summed E-state index contributed by atoms with van der Waals surface area (Å²) >= 11 is 0. The standard InChI is InChI=1S/C8H16N2O4S/c1-3-5-6-7-9-15(12,13)10-8(11)14-4-2/h3,5,9H,4,6-7H2,1-2H3,(H,10,11)/b5-3+. The van der Waals surface area contributed by atoms with Crippen molar-refractivity contribution in [3.63, 3.8) is 0 Å². The SMILES string of the molecule is C/C=C/CCNS(=O)(=O)NC(=O)OCC. The highest BCUT2D eigenvalue weighted by Crippen LogP contribution is 1.85.